The minimum Gasteiger partial charge on any atom is -0.459 e. The molecule has 1 atom stereocenters. The number of nitrogens with zero attached hydrogens (tertiary/aromatic N) is 1. The number of carbonyl (C=O) groups is 2. The molecule has 0 bridgehead atoms. The highest BCUT2D eigenvalue weighted by atomic mass is 32.1. The fourth-order valence-electron chi connectivity index (χ4n) is 2.63. The number of thiophene rings is 1. The van der Waals surface area contributed by atoms with Crippen molar-refractivity contribution in [2.24, 2.45) is 0 Å². The van der Waals surface area contributed by atoms with Crippen molar-refractivity contribution in [2.45, 2.75) is 32.9 Å². The number of hydrogen-bond acceptors (Lipinski definition) is 6. The molecule has 3 rings (SSSR count). The molecule has 2 heterocycles. The van der Waals surface area contributed by atoms with E-state index in [9.17, 15) is 9.59 Å². The molecule has 6 nitrogen and oxygen atoms in total. The lowest BCUT2D eigenvalue weighted by molar-refractivity contribution is -0.147. The van der Waals surface area contributed by atoms with Crippen LogP contribution in [0.15, 0.2) is 52.4 Å². The lowest BCUT2D eigenvalue weighted by atomic mass is 10.1. The number of aryl methyl sites for hydroxylation is 2. The van der Waals surface area contributed by atoms with Gasteiger partial charge in [-0.2, -0.15) is 0 Å². The molecule has 0 unspecified atom stereocenters. The molecule has 0 saturated heterocycles. The van der Waals surface area contributed by atoms with Crippen LogP contribution in [0.3, 0.4) is 0 Å². The third kappa shape index (κ3) is 4.83. The first-order valence-electron chi connectivity index (χ1n) is 8.51. The number of aromatic nitrogens is 1. The van der Waals surface area contributed by atoms with Gasteiger partial charge in [-0.15, -0.1) is 11.3 Å². The quantitative estimate of drug-likeness (QED) is 0.631. The van der Waals surface area contributed by atoms with Crippen LogP contribution in [0, 0.1) is 13.8 Å². The zero-order chi connectivity index (χ0) is 19.2. The molecule has 0 spiro atoms. The fourth-order valence-corrected chi connectivity index (χ4v) is 3.26. The number of hydrogen-bond donors (Lipinski definition) is 1. The zero-order valence-electron chi connectivity index (χ0n) is 15.1. The number of esters is 1. The largest absolute Gasteiger partial charge is 0.459 e. The Bertz CT molecular complexity index is 884. The van der Waals surface area contributed by atoms with Gasteiger partial charge in [-0.3, -0.25) is 4.79 Å². The van der Waals surface area contributed by atoms with Crippen molar-refractivity contribution in [3.8, 4) is 0 Å². The van der Waals surface area contributed by atoms with E-state index in [1.54, 1.807) is 26.0 Å². The van der Waals surface area contributed by atoms with E-state index in [-0.39, 0.29) is 12.5 Å². The summed E-state index contributed by atoms with van der Waals surface area (Å²) in [5, 5.41) is 8.46. The van der Waals surface area contributed by atoms with E-state index in [4.69, 9.17) is 9.26 Å². The molecule has 7 heteroatoms. The Labute approximate surface area is 161 Å². The second-order valence-corrected chi connectivity index (χ2v) is 7.05. The summed E-state index contributed by atoms with van der Waals surface area (Å²) in [7, 11) is 0. The van der Waals surface area contributed by atoms with Gasteiger partial charge in [0.15, 0.2) is 0 Å². The maximum absolute atomic E-state index is 12.7. The van der Waals surface area contributed by atoms with Crippen molar-refractivity contribution >= 4 is 23.2 Å². The van der Waals surface area contributed by atoms with Crippen molar-refractivity contribution in [2.75, 3.05) is 0 Å². The van der Waals surface area contributed by atoms with E-state index in [0.29, 0.717) is 22.8 Å². The molecular weight excluding hydrogens is 364 g/mol. The lowest BCUT2D eigenvalue weighted by Gasteiger charge is -2.17. The Balaban J connectivity index is 1.71. The minimum absolute atomic E-state index is 0.0557. The Kier molecular flexibility index (Phi) is 6.03. The SMILES string of the molecule is Cc1noc(C)c1COC(=O)[C@@H](Cc1ccccc1)NC(=O)c1cccs1. The van der Waals surface area contributed by atoms with Crippen molar-refractivity contribution in [3.05, 3.63) is 75.3 Å². The topological polar surface area (TPSA) is 81.4 Å². The molecule has 27 heavy (non-hydrogen) atoms. The summed E-state index contributed by atoms with van der Waals surface area (Å²) in [5.74, 6) is -0.175. The normalized spacial score (nSPS) is 11.8. The predicted octanol–water partition coefficient (Wildman–Crippen LogP) is 3.44. The molecule has 0 aliphatic heterocycles. The van der Waals surface area contributed by atoms with Crippen LogP contribution in [0.5, 0.6) is 0 Å². The van der Waals surface area contributed by atoms with E-state index < -0.39 is 12.0 Å². The Morgan fingerprint density at radius 2 is 1.96 bits per heavy atom. The minimum atomic E-state index is -0.789. The van der Waals surface area contributed by atoms with Crippen LogP contribution in [0.4, 0.5) is 0 Å². The Morgan fingerprint density at radius 1 is 1.19 bits per heavy atom. The summed E-state index contributed by atoms with van der Waals surface area (Å²) in [5.41, 5.74) is 2.36. The van der Waals surface area contributed by atoms with E-state index in [2.05, 4.69) is 10.5 Å². The molecular formula is C20H20N2O4S. The molecule has 0 fully saturated rings. The number of rotatable bonds is 7. The van der Waals surface area contributed by atoms with Crippen LogP contribution in [0.2, 0.25) is 0 Å². The van der Waals surface area contributed by atoms with Crippen LogP contribution in [-0.2, 0) is 22.6 Å². The van der Waals surface area contributed by atoms with Crippen molar-refractivity contribution in [1.29, 1.82) is 0 Å². The van der Waals surface area contributed by atoms with Crippen molar-refractivity contribution in [1.82, 2.24) is 10.5 Å². The number of benzene rings is 1. The van der Waals surface area contributed by atoms with Gasteiger partial charge in [-0.05, 0) is 30.9 Å². The second kappa shape index (κ2) is 8.64. The summed E-state index contributed by atoms with van der Waals surface area (Å²) in [6.07, 6.45) is 0.346. The average molecular weight is 384 g/mol. The summed E-state index contributed by atoms with van der Waals surface area (Å²) in [4.78, 5) is 25.7. The van der Waals surface area contributed by atoms with Gasteiger partial charge in [0.25, 0.3) is 5.91 Å². The molecule has 1 amide bonds. The van der Waals surface area contributed by atoms with Crippen LogP contribution < -0.4 is 5.32 Å². The van der Waals surface area contributed by atoms with E-state index in [1.165, 1.54) is 11.3 Å². The van der Waals surface area contributed by atoms with Gasteiger partial charge < -0.3 is 14.6 Å². The standard InChI is InChI=1S/C20H20N2O4S/c1-13-16(14(2)26-22-13)12-25-20(24)17(11-15-7-4-3-5-8-15)21-19(23)18-9-6-10-27-18/h3-10,17H,11-12H2,1-2H3,(H,21,23)/t17-/m1/s1. The van der Waals surface area contributed by atoms with Crippen molar-refractivity contribution < 1.29 is 18.8 Å². The monoisotopic (exact) mass is 384 g/mol. The van der Waals surface area contributed by atoms with Gasteiger partial charge in [-0.25, -0.2) is 4.79 Å². The zero-order valence-corrected chi connectivity index (χ0v) is 15.9. The molecule has 140 valence electrons. The van der Waals surface area contributed by atoms with E-state index >= 15 is 0 Å². The Morgan fingerprint density at radius 3 is 2.59 bits per heavy atom. The number of ether oxygens (including phenoxy) is 1. The van der Waals surface area contributed by atoms with Gasteiger partial charge in [-0.1, -0.05) is 41.6 Å². The average Bonchev–Trinajstić information content (AvgIpc) is 3.31. The Hall–Kier alpha value is -2.93. The fraction of sp³-hybridized carbons (Fsp3) is 0.250. The summed E-state index contributed by atoms with van der Waals surface area (Å²) in [6, 6.07) is 12.2. The smallest absolute Gasteiger partial charge is 0.329 e. The third-order valence-electron chi connectivity index (χ3n) is 4.16. The summed E-state index contributed by atoms with van der Waals surface area (Å²) >= 11 is 1.32. The molecule has 0 aliphatic rings. The molecule has 3 aromatic rings. The molecule has 0 saturated carbocycles. The highest BCUT2D eigenvalue weighted by molar-refractivity contribution is 7.12. The summed E-state index contributed by atoms with van der Waals surface area (Å²) < 4.78 is 10.5. The van der Waals surface area contributed by atoms with Crippen LogP contribution in [0.25, 0.3) is 0 Å². The second-order valence-electron chi connectivity index (χ2n) is 6.10. The molecule has 1 aromatic carbocycles. The molecule has 0 aliphatic carbocycles. The van der Waals surface area contributed by atoms with Crippen molar-refractivity contribution in [3.63, 3.8) is 0 Å². The van der Waals surface area contributed by atoms with Gasteiger partial charge in [0.05, 0.1) is 16.1 Å². The third-order valence-corrected chi connectivity index (χ3v) is 5.03. The van der Waals surface area contributed by atoms with Crippen LogP contribution in [-0.4, -0.2) is 23.1 Å². The molecule has 0 radical (unpaired) electrons. The lowest BCUT2D eigenvalue weighted by Crippen LogP contribution is -2.43. The van der Waals surface area contributed by atoms with Crippen LogP contribution in [0.1, 0.15) is 32.3 Å². The first-order chi connectivity index (χ1) is 13.0. The van der Waals surface area contributed by atoms with Gasteiger partial charge in [0.2, 0.25) is 0 Å². The van der Waals surface area contributed by atoms with E-state index in [1.807, 2.05) is 35.7 Å². The maximum atomic E-state index is 12.7. The van der Waals surface area contributed by atoms with Crippen LogP contribution >= 0.6 is 11.3 Å². The van der Waals surface area contributed by atoms with Gasteiger partial charge >= 0.3 is 5.97 Å². The molecule has 2 aromatic heterocycles. The van der Waals surface area contributed by atoms with Gasteiger partial charge in [0.1, 0.15) is 18.4 Å². The van der Waals surface area contributed by atoms with E-state index in [0.717, 1.165) is 11.1 Å². The first kappa shape index (κ1) is 18.8. The number of amides is 1. The highest BCUT2D eigenvalue weighted by Crippen LogP contribution is 2.15. The first-order valence-corrected chi connectivity index (χ1v) is 9.39. The van der Waals surface area contributed by atoms with Gasteiger partial charge in [0, 0.05) is 6.42 Å². The summed E-state index contributed by atoms with van der Waals surface area (Å²) in [6.45, 7) is 3.61. The predicted molar refractivity (Wildman–Crippen MR) is 101 cm³/mol. The highest BCUT2D eigenvalue weighted by Gasteiger charge is 2.24. The number of nitrogens with one attached hydrogen (secondary N) is 1. The number of carbonyl (C=O) groups excluding carboxylic acids is 2. The maximum Gasteiger partial charge on any atom is 0.329 e. The molecule has 1 N–H and O–H groups in total.